The van der Waals surface area contributed by atoms with Gasteiger partial charge < -0.3 is 19.5 Å². The maximum atomic E-state index is 12.4. The van der Waals surface area contributed by atoms with Gasteiger partial charge in [0.2, 0.25) is 0 Å². The highest BCUT2D eigenvalue weighted by atomic mass is 35.5. The third-order valence-corrected chi connectivity index (χ3v) is 4.05. The minimum atomic E-state index is -1.02. The minimum Gasteiger partial charge on any atom is -0.493 e. The maximum Gasteiger partial charge on any atom is 0.339 e. The molecule has 0 saturated heterocycles. The van der Waals surface area contributed by atoms with Crippen LogP contribution in [0.15, 0.2) is 36.4 Å². The Balaban J connectivity index is 2.08. The van der Waals surface area contributed by atoms with Crippen LogP contribution in [-0.2, 0) is 9.53 Å². The van der Waals surface area contributed by atoms with Gasteiger partial charge in [0, 0.05) is 10.7 Å². The number of rotatable bonds is 7. The summed E-state index contributed by atoms with van der Waals surface area (Å²) >= 11 is 12.0. The molecule has 0 radical (unpaired) electrons. The number of amides is 1. The second-order valence-corrected chi connectivity index (χ2v) is 6.31. The van der Waals surface area contributed by atoms with Crippen LogP contribution in [0.2, 0.25) is 10.0 Å². The predicted molar refractivity (Wildman–Crippen MR) is 104 cm³/mol. The molecule has 0 heterocycles. The molecule has 0 fully saturated rings. The van der Waals surface area contributed by atoms with Gasteiger partial charge in [0.25, 0.3) is 5.91 Å². The topological polar surface area (TPSA) is 73.9 Å². The largest absolute Gasteiger partial charge is 0.493 e. The van der Waals surface area contributed by atoms with E-state index in [0.29, 0.717) is 28.8 Å². The second-order valence-electron chi connectivity index (χ2n) is 5.47. The van der Waals surface area contributed by atoms with E-state index < -0.39 is 18.0 Å². The fourth-order valence-corrected chi connectivity index (χ4v) is 2.57. The first-order valence-electron chi connectivity index (χ1n) is 8.13. The van der Waals surface area contributed by atoms with E-state index in [4.69, 9.17) is 37.4 Å². The molecule has 2 aromatic rings. The molecular weight excluding hydrogens is 393 g/mol. The summed E-state index contributed by atoms with van der Waals surface area (Å²) in [6.45, 7) is 3.66. The molecule has 1 atom stereocenters. The molecule has 1 N–H and O–H groups in total. The van der Waals surface area contributed by atoms with Gasteiger partial charge in [-0.05, 0) is 50.2 Å². The molecular formula is C19H19Cl2NO5. The third-order valence-electron chi connectivity index (χ3n) is 3.52. The Morgan fingerprint density at radius 3 is 2.41 bits per heavy atom. The maximum absolute atomic E-state index is 12.4. The van der Waals surface area contributed by atoms with Gasteiger partial charge in [-0.2, -0.15) is 0 Å². The lowest BCUT2D eigenvalue weighted by Crippen LogP contribution is -2.30. The Hall–Kier alpha value is -2.44. The number of hydrogen-bond acceptors (Lipinski definition) is 5. The number of methoxy groups -OCH3 is 1. The van der Waals surface area contributed by atoms with Crippen LogP contribution >= 0.6 is 23.2 Å². The van der Waals surface area contributed by atoms with Gasteiger partial charge in [0.1, 0.15) is 0 Å². The number of nitrogens with one attached hydrogen (secondary N) is 1. The fourth-order valence-electron chi connectivity index (χ4n) is 2.18. The van der Waals surface area contributed by atoms with Crippen molar-refractivity contribution in [3.63, 3.8) is 0 Å². The van der Waals surface area contributed by atoms with E-state index >= 15 is 0 Å². The molecule has 6 nitrogen and oxygen atoms in total. The van der Waals surface area contributed by atoms with Crippen LogP contribution in [0.3, 0.4) is 0 Å². The summed E-state index contributed by atoms with van der Waals surface area (Å²) in [5, 5.41) is 3.40. The van der Waals surface area contributed by atoms with Crippen molar-refractivity contribution >= 4 is 40.8 Å². The minimum absolute atomic E-state index is 0.145. The van der Waals surface area contributed by atoms with Crippen molar-refractivity contribution in [2.24, 2.45) is 0 Å². The third kappa shape index (κ3) is 5.52. The molecule has 0 aromatic heterocycles. The highest BCUT2D eigenvalue weighted by Crippen LogP contribution is 2.36. The van der Waals surface area contributed by atoms with Gasteiger partial charge in [-0.1, -0.05) is 23.2 Å². The van der Waals surface area contributed by atoms with Crippen molar-refractivity contribution in [3.05, 3.63) is 52.0 Å². The second kappa shape index (κ2) is 9.48. The van der Waals surface area contributed by atoms with Gasteiger partial charge in [-0.15, -0.1) is 0 Å². The lowest BCUT2D eigenvalue weighted by molar-refractivity contribution is -0.123. The van der Waals surface area contributed by atoms with Crippen LogP contribution in [0.25, 0.3) is 0 Å². The number of anilines is 1. The number of hydrogen-bond donors (Lipinski definition) is 1. The van der Waals surface area contributed by atoms with Gasteiger partial charge in [0.15, 0.2) is 17.6 Å². The quantitative estimate of drug-likeness (QED) is 0.674. The molecule has 8 heteroatoms. The zero-order chi connectivity index (χ0) is 20.0. The SMILES string of the molecule is CCOc1c(Cl)cc(C(=O)O[C@H](C)C(=O)Nc2ccc(Cl)cc2)cc1OC. The molecule has 0 bridgehead atoms. The van der Waals surface area contributed by atoms with Crippen molar-refractivity contribution in [2.75, 3.05) is 19.0 Å². The van der Waals surface area contributed by atoms with Crippen molar-refractivity contribution in [2.45, 2.75) is 20.0 Å². The molecule has 0 aliphatic heterocycles. The smallest absolute Gasteiger partial charge is 0.339 e. The molecule has 2 rings (SSSR count). The molecule has 0 spiro atoms. The summed E-state index contributed by atoms with van der Waals surface area (Å²) in [6.07, 6.45) is -1.02. The highest BCUT2D eigenvalue weighted by molar-refractivity contribution is 6.32. The van der Waals surface area contributed by atoms with Crippen molar-refractivity contribution in [3.8, 4) is 11.5 Å². The predicted octanol–water partition coefficient (Wildman–Crippen LogP) is 4.58. The first-order valence-corrected chi connectivity index (χ1v) is 8.89. The van der Waals surface area contributed by atoms with Gasteiger partial charge >= 0.3 is 5.97 Å². The summed E-state index contributed by atoms with van der Waals surface area (Å²) < 4.78 is 15.8. The fraction of sp³-hybridized carbons (Fsp3) is 0.263. The van der Waals surface area contributed by atoms with Crippen LogP contribution in [0.5, 0.6) is 11.5 Å². The standard InChI is InChI=1S/C19H19Cl2NO5/c1-4-26-17-15(21)9-12(10-16(17)25-3)19(24)27-11(2)18(23)22-14-7-5-13(20)6-8-14/h5-11H,4H2,1-3H3,(H,22,23)/t11-/m1/s1. The van der Waals surface area contributed by atoms with Crippen molar-refractivity contribution < 1.29 is 23.8 Å². The molecule has 2 aromatic carbocycles. The average Bonchev–Trinajstić information content (AvgIpc) is 2.64. The first kappa shape index (κ1) is 20.9. The number of carbonyl (C=O) groups excluding carboxylic acids is 2. The lowest BCUT2D eigenvalue weighted by Gasteiger charge is -2.15. The van der Waals surface area contributed by atoms with Crippen LogP contribution in [0.1, 0.15) is 24.2 Å². The van der Waals surface area contributed by atoms with E-state index in [9.17, 15) is 9.59 Å². The summed E-state index contributed by atoms with van der Waals surface area (Å²) in [7, 11) is 1.44. The van der Waals surface area contributed by atoms with Crippen molar-refractivity contribution in [1.29, 1.82) is 0 Å². The number of carbonyl (C=O) groups is 2. The van der Waals surface area contributed by atoms with E-state index in [0.717, 1.165) is 0 Å². The number of esters is 1. The molecule has 0 saturated carbocycles. The number of halogens is 2. The Bertz CT molecular complexity index is 824. The van der Waals surface area contributed by atoms with Crippen LogP contribution in [0, 0.1) is 0 Å². The normalized spacial score (nSPS) is 11.4. The summed E-state index contributed by atoms with van der Waals surface area (Å²) in [4.78, 5) is 24.6. The number of benzene rings is 2. The van der Waals surface area contributed by atoms with E-state index in [2.05, 4.69) is 5.32 Å². The average molecular weight is 412 g/mol. The first-order chi connectivity index (χ1) is 12.8. The van der Waals surface area contributed by atoms with Crippen LogP contribution < -0.4 is 14.8 Å². The Kier molecular flexibility index (Phi) is 7.33. The Labute approximate surface area is 167 Å². The summed E-state index contributed by atoms with van der Waals surface area (Å²) in [5.41, 5.74) is 0.685. The highest BCUT2D eigenvalue weighted by Gasteiger charge is 2.22. The molecule has 27 heavy (non-hydrogen) atoms. The van der Waals surface area contributed by atoms with E-state index in [1.54, 1.807) is 31.2 Å². The van der Waals surface area contributed by atoms with E-state index in [-0.39, 0.29) is 10.6 Å². The van der Waals surface area contributed by atoms with Crippen LogP contribution in [-0.4, -0.2) is 31.7 Å². The molecule has 0 aliphatic carbocycles. The Morgan fingerprint density at radius 1 is 1.15 bits per heavy atom. The van der Waals surface area contributed by atoms with E-state index in [1.165, 1.54) is 26.2 Å². The zero-order valence-corrected chi connectivity index (χ0v) is 16.6. The van der Waals surface area contributed by atoms with Gasteiger partial charge in [-0.3, -0.25) is 4.79 Å². The summed E-state index contributed by atoms with van der Waals surface area (Å²) in [6, 6.07) is 9.42. The Morgan fingerprint density at radius 2 is 1.81 bits per heavy atom. The van der Waals surface area contributed by atoms with Crippen LogP contribution in [0.4, 0.5) is 5.69 Å². The monoisotopic (exact) mass is 411 g/mol. The van der Waals surface area contributed by atoms with Crippen molar-refractivity contribution in [1.82, 2.24) is 0 Å². The summed E-state index contributed by atoms with van der Waals surface area (Å²) in [5.74, 6) is -0.548. The van der Waals surface area contributed by atoms with E-state index in [1.807, 2.05) is 0 Å². The lowest BCUT2D eigenvalue weighted by atomic mass is 10.2. The molecule has 0 unspecified atom stereocenters. The molecule has 1 amide bonds. The zero-order valence-electron chi connectivity index (χ0n) is 15.0. The van der Waals surface area contributed by atoms with Gasteiger partial charge in [-0.25, -0.2) is 4.79 Å². The van der Waals surface area contributed by atoms with Gasteiger partial charge in [0.05, 0.1) is 24.3 Å². The molecule has 144 valence electrons. The number of ether oxygens (including phenoxy) is 3. The molecule has 0 aliphatic rings.